The second-order valence-corrected chi connectivity index (χ2v) is 15.7. The normalized spacial score (nSPS) is 12.5. The molecule has 376 valence electrons. The van der Waals surface area contributed by atoms with Gasteiger partial charge in [0, 0.05) is 70.4 Å². The van der Waals surface area contributed by atoms with Crippen LogP contribution in [0.15, 0.2) is 97.6 Å². The van der Waals surface area contributed by atoms with Gasteiger partial charge in [-0.25, -0.2) is 28.8 Å². The number of carbonyl (C=O) groups excluding carboxylic acids is 2. The maximum Gasteiger partial charge on any atom is 0.326 e. The van der Waals surface area contributed by atoms with Gasteiger partial charge in [-0.15, -0.1) is 0 Å². The minimum atomic E-state index is -1.46. The maximum absolute atomic E-state index is 12.2. The van der Waals surface area contributed by atoms with Crippen molar-refractivity contribution in [3.63, 3.8) is 0 Å². The van der Waals surface area contributed by atoms with E-state index >= 15 is 0 Å². The van der Waals surface area contributed by atoms with E-state index in [1.165, 1.54) is 0 Å². The predicted molar refractivity (Wildman–Crippen MR) is 246 cm³/mol. The van der Waals surface area contributed by atoms with Crippen LogP contribution in [0.1, 0.15) is 74.1 Å². The molecule has 4 aromatic rings. The number of carbonyl (C=O) groups is 8. The van der Waals surface area contributed by atoms with Gasteiger partial charge in [0.15, 0.2) is 0 Å². The molecule has 70 heavy (non-hydrogen) atoms. The Kier molecular flexibility index (Phi) is 24.9. The number of hydrogen-bond acceptors (Lipinski definition) is 14. The molecule has 0 radical (unpaired) electrons. The first-order valence-corrected chi connectivity index (χ1v) is 22.0. The molecule has 10 N–H and O–H groups in total. The summed E-state index contributed by atoms with van der Waals surface area (Å²) in [5, 5.41) is 63.5. The lowest BCUT2D eigenvalue weighted by atomic mass is 10.1. The Labute approximate surface area is 402 Å². The van der Waals surface area contributed by atoms with Crippen LogP contribution in [-0.4, -0.2) is 146 Å². The van der Waals surface area contributed by atoms with E-state index in [9.17, 15) is 48.6 Å². The number of carboxylic acids is 6. The molecule has 0 aliphatic rings. The van der Waals surface area contributed by atoms with E-state index in [4.69, 9.17) is 20.4 Å². The number of pyridine rings is 4. The molecule has 4 atom stereocenters. The Balaban J connectivity index is 0.000000371. The fourth-order valence-corrected chi connectivity index (χ4v) is 6.59. The first-order chi connectivity index (χ1) is 33.5. The van der Waals surface area contributed by atoms with Crippen molar-refractivity contribution in [2.45, 2.75) is 102 Å². The molecule has 4 heterocycles. The van der Waals surface area contributed by atoms with Crippen molar-refractivity contribution in [1.82, 2.24) is 51.0 Å². The third-order valence-corrected chi connectivity index (χ3v) is 10.1. The summed E-state index contributed by atoms with van der Waals surface area (Å²) in [5.74, 6) is -7.77. The van der Waals surface area contributed by atoms with Gasteiger partial charge in [0.05, 0.1) is 22.8 Å². The monoisotopic (exact) mass is 974 g/mol. The molecule has 0 aliphatic heterocycles. The molecule has 24 nitrogen and oxygen atoms in total. The second kappa shape index (κ2) is 31.0. The van der Waals surface area contributed by atoms with E-state index in [2.05, 4.69) is 46.1 Å². The Morgan fingerprint density at radius 1 is 0.400 bits per heavy atom. The molecule has 0 aliphatic carbocycles. The summed E-state index contributed by atoms with van der Waals surface area (Å²) < 4.78 is 0. The Hall–Kier alpha value is -8.12. The molecule has 0 saturated heterocycles. The molecular weight excluding hydrogens is 917 g/mol. The summed E-state index contributed by atoms with van der Waals surface area (Å²) in [4.78, 5) is 113. The molecule has 0 unspecified atom stereocenters. The van der Waals surface area contributed by atoms with Crippen molar-refractivity contribution in [1.29, 1.82) is 0 Å². The van der Waals surface area contributed by atoms with Gasteiger partial charge in [-0.3, -0.25) is 39.3 Å². The number of hydrogen-bond donors (Lipinski definition) is 10. The summed E-state index contributed by atoms with van der Waals surface area (Å²) in [6.07, 6.45) is 6.47. The zero-order valence-electron chi connectivity index (χ0n) is 38.1. The first-order valence-electron chi connectivity index (χ1n) is 22.0. The van der Waals surface area contributed by atoms with Crippen LogP contribution in [-0.2, 0) is 54.9 Å². The zero-order chi connectivity index (χ0) is 51.3. The van der Waals surface area contributed by atoms with Gasteiger partial charge in [0.1, 0.15) is 24.2 Å². The SMILES string of the molecule is O=C(O)CC[C@H](NC(=O)N[C@@H](CCCCN(Cc1ccccn1)Cc1ccccn1)C(=O)O)C(=O)O.O=C(O)CC[C@H](NC(=O)N[C@@H](CCN(Cc1ccccn1)Cc1ccccn1)C(=O)O)C(=O)O. The Morgan fingerprint density at radius 2 is 0.700 bits per heavy atom. The Bertz CT molecular complexity index is 2180. The summed E-state index contributed by atoms with van der Waals surface area (Å²) in [5.41, 5.74) is 3.34. The highest BCUT2D eigenvalue weighted by atomic mass is 16.4. The highest BCUT2D eigenvalue weighted by Crippen LogP contribution is 2.12. The number of nitrogens with zero attached hydrogens (tertiary/aromatic N) is 6. The standard InChI is InChI=1S/C24H31N5O7.C22H27N5O7/c30-21(31)11-10-20(23(34)35)28-24(36)27-19(22(32)33)9-3-6-14-29(15-17-7-1-4-12-25-17)16-18-8-2-5-13-26-18;28-19(29)8-7-17(20(30)31)25-22(34)26-18(21(32)33)9-12-27(13-15-5-1-3-10-23-15)14-16-6-2-4-11-24-16/h1-2,4-5,7-8,12-13,19-20H,3,6,9-11,14-16H2,(H,30,31)(H,32,33)(H,34,35)(H2,27,28,36);1-6,10-11,17-18H,7-9,12-14H2,(H,28,29)(H,30,31)(H,32,33)(H2,25,26,34)/t19-,20-;17-,18-/m00/s1. The van der Waals surface area contributed by atoms with Crippen LogP contribution < -0.4 is 21.3 Å². The lowest BCUT2D eigenvalue weighted by molar-refractivity contribution is -0.142. The van der Waals surface area contributed by atoms with Crippen molar-refractivity contribution >= 4 is 47.9 Å². The number of carboxylic acid groups (broad SMARTS) is 6. The van der Waals surface area contributed by atoms with Gasteiger partial charge in [0.25, 0.3) is 0 Å². The highest BCUT2D eigenvalue weighted by molar-refractivity contribution is 5.87. The van der Waals surface area contributed by atoms with Crippen LogP contribution in [0.4, 0.5) is 9.59 Å². The number of unbranched alkanes of at least 4 members (excludes halogenated alkanes) is 1. The molecule has 0 fully saturated rings. The lowest BCUT2D eigenvalue weighted by Crippen LogP contribution is -2.51. The molecule has 4 aromatic heterocycles. The van der Waals surface area contributed by atoms with Gasteiger partial charge in [-0.05, 0) is 93.6 Å². The largest absolute Gasteiger partial charge is 0.481 e. The van der Waals surface area contributed by atoms with Crippen LogP contribution in [0.2, 0.25) is 0 Å². The summed E-state index contributed by atoms with van der Waals surface area (Å²) in [7, 11) is 0. The quantitative estimate of drug-likeness (QED) is 0.0336. The third kappa shape index (κ3) is 23.6. The summed E-state index contributed by atoms with van der Waals surface area (Å²) in [6, 6.07) is 14.9. The van der Waals surface area contributed by atoms with Crippen LogP contribution in [0.3, 0.4) is 0 Å². The van der Waals surface area contributed by atoms with E-state index in [-0.39, 0.29) is 32.2 Å². The van der Waals surface area contributed by atoms with Crippen molar-refractivity contribution < 1.29 is 69.0 Å². The van der Waals surface area contributed by atoms with Crippen molar-refractivity contribution in [2.24, 2.45) is 0 Å². The van der Waals surface area contributed by atoms with Crippen molar-refractivity contribution in [3.05, 3.63) is 120 Å². The topological polar surface area (TPSA) is 364 Å². The fraction of sp³-hybridized carbons (Fsp3) is 0.391. The minimum Gasteiger partial charge on any atom is -0.481 e. The average Bonchev–Trinajstić information content (AvgIpc) is 3.32. The molecular formula is C46H58N10O14. The second-order valence-electron chi connectivity index (χ2n) is 15.7. The number of aromatic nitrogens is 4. The van der Waals surface area contributed by atoms with Gasteiger partial charge >= 0.3 is 47.9 Å². The molecule has 0 saturated carbocycles. The zero-order valence-corrected chi connectivity index (χ0v) is 38.1. The van der Waals surface area contributed by atoms with Crippen LogP contribution in [0, 0.1) is 0 Å². The molecule has 24 heteroatoms. The van der Waals surface area contributed by atoms with E-state index < -0.39 is 84.9 Å². The number of rotatable bonds is 30. The molecule has 0 aromatic carbocycles. The molecule has 4 rings (SSSR count). The van der Waals surface area contributed by atoms with Gasteiger partial charge < -0.3 is 51.9 Å². The predicted octanol–water partition coefficient (Wildman–Crippen LogP) is 2.66. The number of aliphatic carboxylic acids is 6. The smallest absolute Gasteiger partial charge is 0.326 e. The first kappa shape index (κ1) is 56.2. The van der Waals surface area contributed by atoms with Gasteiger partial charge in [-0.1, -0.05) is 24.3 Å². The summed E-state index contributed by atoms with van der Waals surface area (Å²) >= 11 is 0. The van der Waals surface area contributed by atoms with Crippen molar-refractivity contribution in [2.75, 3.05) is 13.1 Å². The maximum atomic E-state index is 12.2. The number of amides is 4. The molecule has 0 bridgehead atoms. The van der Waals surface area contributed by atoms with E-state index in [0.717, 1.165) is 22.8 Å². The van der Waals surface area contributed by atoms with Crippen molar-refractivity contribution in [3.8, 4) is 0 Å². The molecule has 4 amide bonds. The van der Waals surface area contributed by atoms with Crippen LogP contribution >= 0.6 is 0 Å². The minimum absolute atomic E-state index is 0.0231. The van der Waals surface area contributed by atoms with Gasteiger partial charge in [-0.2, -0.15) is 0 Å². The number of nitrogens with one attached hydrogen (secondary N) is 4. The number of urea groups is 2. The van der Waals surface area contributed by atoms with E-state index in [1.807, 2.05) is 65.6 Å². The fourth-order valence-electron chi connectivity index (χ4n) is 6.59. The van der Waals surface area contributed by atoms with E-state index in [0.29, 0.717) is 45.6 Å². The summed E-state index contributed by atoms with van der Waals surface area (Å²) in [6.45, 7) is 2.94. The lowest BCUT2D eigenvalue weighted by Gasteiger charge is -2.24. The molecule has 0 spiro atoms. The third-order valence-electron chi connectivity index (χ3n) is 10.1. The van der Waals surface area contributed by atoms with Gasteiger partial charge in [0.2, 0.25) is 0 Å². The van der Waals surface area contributed by atoms with Crippen LogP contribution in [0.25, 0.3) is 0 Å². The van der Waals surface area contributed by atoms with E-state index in [1.54, 1.807) is 36.9 Å². The van der Waals surface area contributed by atoms with Crippen LogP contribution in [0.5, 0.6) is 0 Å². The average molecular weight is 975 g/mol. The Morgan fingerprint density at radius 3 is 0.986 bits per heavy atom. The highest BCUT2D eigenvalue weighted by Gasteiger charge is 2.27.